The number of morpholine rings is 1. The maximum absolute atomic E-state index is 12.8. The number of nitrogens with zero attached hydrogens (tertiary/aromatic N) is 1. The number of esters is 1. The van der Waals surface area contributed by atoms with Gasteiger partial charge in [0.25, 0.3) is 0 Å². The Bertz CT molecular complexity index is 1050. The molecule has 0 saturated carbocycles. The van der Waals surface area contributed by atoms with Crippen molar-refractivity contribution < 1.29 is 19.0 Å². The van der Waals surface area contributed by atoms with Crippen molar-refractivity contribution >= 4 is 33.9 Å². The highest BCUT2D eigenvalue weighted by Gasteiger charge is 2.19. The van der Waals surface area contributed by atoms with E-state index in [2.05, 4.69) is 4.90 Å². The lowest BCUT2D eigenvalue weighted by Gasteiger charge is -2.29. The van der Waals surface area contributed by atoms with Crippen LogP contribution in [-0.2, 0) is 4.74 Å². The molecule has 0 aromatic heterocycles. The summed E-state index contributed by atoms with van der Waals surface area (Å²) in [5, 5.41) is 1.84. The van der Waals surface area contributed by atoms with Crippen LogP contribution < -0.4 is 9.47 Å². The molecule has 1 fully saturated rings. The Kier molecular flexibility index (Phi) is 5.74. The van der Waals surface area contributed by atoms with Gasteiger partial charge in [-0.2, -0.15) is 0 Å². The van der Waals surface area contributed by atoms with E-state index >= 15 is 0 Å². The average Bonchev–Trinajstić information content (AvgIpc) is 2.79. The summed E-state index contributed by atoms with van der Waals surface area (Å²) in [6, 6.07) is 18.7. The van der Waals surface area contributed by atoms with E-state index in [0.29, 0.717) is 30.3 Å². The normalized spacial score (nSPS) is 13.9. The summed E-state index contributed by atoms with van der Waals surface area (Å²) in [5.41, 5.74) is 1.36. The smallest absolute Gasteiger partial charge is 0.344 e. The van der Waals surface area contributed by atoms with Crippen LogP contribution in [0.2, 0.25) is 0 Å². The lowest BCUT2D eigenvalue weighted by molar-refractivity contribution is 0.0692. The number of thiocarbonyl (C=S) groups is 1. The second-order valence-corrected chi connectivity index (χ2v) is 7.07. The molecule has 1 aliphatic heterocycles. The molecule has 5 nitrogen and oxygen atoms in total. The van der Waals surface area contributed by atoms with Crippen LogP contribution in [-0.4, -0.2) is 49.3 Å². The molecule has 3 aromatic rings. The van der Waals surface area contributed by atoms with E-state index in [1.54, 1.807) is 19.2 Å². The van der Waals surface area contributed by atoms with Gasteiger partial charge in [0, 0.05) is 18.7 Å². The van der Waals surface area contributed by atoms with Crippen LogP contribution in [0.4, 0.5) is 0 Å². The number of methoxy groups -OCH3 is 1. The van der Waals surface area contributed by atoms with Crippen LogP contribution in [0.25, 0.3) is 10.8 Å². The molecular weight excluding hydrogens is 386 g/mol. The van der Waals surface area contributed by atoms with Gasteiger partial charge in [0.2, 0.25) is 0 Å². The van der Waals surface area contributed by atoms with E-state index in [-0.39, 0.29) is 0 Å². The maximum Gasteiger partial charge on any atom is 0.344 e. The van der Waals surface area contributed by atoms with Crippen molar-refractivity contribution in [1.82, 2.24) is 4.90 Å². The van der Waals surface area contributed by atoms with Gasteiger partial charge in [-0.25, -0.2) is 4.79 Å². The van der Waals surface area contributed by atoms with Gasteiger partial charge in [-0.15, -0.1) is 0 Å². The fraction of sp³-hybridized carbons (Fsp3) is 0.217. The third-order valence-electron chi connectivity index (χ3n) is 4.92. The number of rotatable bonds is 4. The molecule has 3 aromatic carbocycles. The van der Waals surface area contributed by atoms with Crippen molar-refractivity contribution in [3.63, 3.8) is 0 Å². The second-order valence-electron chi connectivity index (χ2n) is 6.69. The first-order valence-electron chi connectivity index (χ1n) is 9.42. The quantitative estimate of drug-likeness (QED) is 0.369. The minimum Gasteiger partial charge on any atom is -0.493 e. The molecule has 0 unspecified atom stereocenters. The van der Waals surface area contributed by atoms with Crippen LogP contribution in [0.15, 0.2) is 60.7 Å². The molecule has 29 heavy (non-hydrogen) atoms. The molecule has 0 atom stereocenters. The number of ether oxygens (including phenoxy) is 3. The third-order valence-corrected chi connectivity index (χ3v) is 5.41. The Balaban J connectivity index is 1.58. The van der Waals surface area contributed by atoms with Crippen molar-refractivity contribution in [3.05, 3.63) is 71.8 Å². The van der Waals surface area contributed by atoms with Gasteiger partial charge >= 0.3 is 5.97 Å². The number of benzene rings is 3. The number of hydrogen-bond acceptors (Lipinski definition) is 5. The van der Waals surface area contributed by atoms with Gasteiger partial charge in [0.15, 0.2) is 11.5 Å². The summed E-state index contributed by atoms with van der Waals surface area (Å²) in [4.78, 5) is 15.7. The van der Waals surface area contributed by atoms with Crippen molar-refractivity contribution in [2.75, 3.05) is 33.4 Å². The van der Waals surface area contributed by atoms with E-state index in [1.807, 2.05) is 48.5 Å². The number of hydrogen-bond donors (Lipinski definition) is 0. The van der Waals surface area contributed by atoms with Gasteiger partial charge in [0.1, 0.15) is 4.99 Å². The molecule has 0 bridgehead atoms. The SMILES string of the molecule is COc1cc(C(=S)N2CCOCC2)ccc1OC(=O)c1cccc2ccccc12. The molecule has 1 heterocycles. The summed E-state index contributed by atoms with van der Waals surface area (Å²) in [6.07, 6.45) is 0. The molecule has 0 aliphatic carbocycles. The van der Waals surface area contributed by atoms with Crippen molar-refractivity contribution in [1.29, 1.82) is 0 Å². The summed E-state index contributed by atoms with van der Waals surface area (Å²) in [7, 11) is 1.55. The van der Waals surface area contributed by atoms with E-state index in [0.717, 1.165) is 34.4 Å². The third kappa shape index (κ3) is 4.09. The van der Waals surface area contributed by atoms with Crippen molar-refractivity contribution in [3.8, 4) is 11.5 Å². The fourth-order valence-electron chi connectivity index (χ4n) is 3.39. The van der Waals surface area contributed by atoms with Crippen LogP contribution in [0.1, 0.15) is 15.9 Å². The second kappa shape index (κ2) is 8.59. The van der Waals surface area contributed by atoms with E-state index < -0.39 is 5.97 Å². The Morgan fingerprint density at radius 3 is 2.55 bits per heavy atom. The number of carbonyl (C=O) groups excluding carboxylic acids is 1. The first kappa shape index (κ1) is 19.4. The molecular formula is C23H21NO4S. The summed E-state index contributed by atoms with van der Waals surface area (Å²) in [6.45, 7) is 2.86. The average molecular weight is 407 g/mol. The van der Waals surface area contributed by atoms with Gasteiger partial charge in [0.05, 0.1) is 25.9 Å². The molecule has 148 valence electrons. The highest BCUT2D eigenvalue weighted by atomic mass is 32.1. The molecule has 1 saturated heterocycles. The predicted octanol–water partition coefficient (Wildman–Crippen LogP) is 4.08. The van der Waals surface area contributed by atoms with E-state index in [1.165, 1.54) is 0 Å². The highest BCUT2D eigenvalue weighted by molar-refractivity contribution is 7.80. The predicted molar refractivity (Wildman–Crippen MR) is 116 cm³/mol. The van der Waals surface area contributed by atoms with Crippen LogP contribution in [0.5, 0.6) is 11.5 Å². The summed E-state index contributed by atoms with van der Waals surface area (Å²) in [5.74, 6) is 0.397. The molecule has 0 N–H and O–H groups in total. The Morgan fingerprint density at radius 1 is 1.00 bits per heavy atom. The monoisotopic (exact) mass is 407 g/mol. The Labute approximate surface area is 174 Å². The van der Waals surface area contributed by atoms with E-state index in [4.69, 9.17) is 26.4 Å². The lowest BCUT2D eigenvalue weighted by Crippen LogP contribution is -2.40. The molecule has 0 spiro atoms. The van der Waals surface area contributed by atoms with Crippen molar-refractivity contribution in [2.24, 2.45) is 0 Å². The first-order valence-corrected chi connectivity index (χ1v) is 9.83. The maximum atomic E-state index is 12.8. The van der Waals surface area contributed by atoms with Gasteiger partial charge in [-0.3, -0.25) is 0 Å². The standard InChI is InChI=1S/C23H21NO4S/c1-26-21-15-17(22(29)24-11-13-27-14-12-24)9-10-20(21)28-23(25)19-8-4-6-16-5-2-3-7-18(16)19/h2-10,15H,11-14H2,1H3. The molecule has 1 aliphatic rings. The zero-order valence-electron chi connectivity index (χ0n) is 16.1. The van der Waals surface area contributed by atoms with Crippen LogP contribution >= 0.6 is 12.2 Å². The minimum absolute atomic E-state index is 0.360. The topological polar surface area (TPSA) is 48.0 Å². The lowest BCUT2D eigenvalue weighted by atomic mass is 10.0. The minimum atomic E-state index is -0.427. The Hall–Kier alpha value is -2.96. The van der Waals surface area contributed by atoms with Crippen molar-refractivity contribution in [2.45, 2.75) is 0 Å². The number of carbonyl (C=O) groups is 1. The summed E-state index contributed by atoms with van der Waals surface area (Å²) < 4.78 is 16.5. The van der Waals surface area contributed by atoms with Gasteiger partial charge in [-0.1, -0.05) is 48.6 Å². The van der Waals surface area contributed by atoms with Crippen LogP contribution in [0.3, 0.4) is 0 Å². The molecule has 6 heteroatoms. The molecule has 0 amide bonds. The number of fused-ring (bicyclic) bond motifs is 1. The zero-order chi connectivity index (χ0) is 20.2. The fourth-order valence-corrected chi connectivity index (χ4v) is 3.70. The van der Waals surface area contributed by atoms with E-state index in [9.17, 15) is 4.79 Å². The highest BCUT2D eigenvalue weighted by Crippen LogP contribution is 2.30. The Morgan fingerprint density at radius 2 is 1.76 bits per heavy atom. The largest absolute Gasteiger partial charge is 0.493 e. The zero-order valence-corrected chi connectivity index (χ0v) is 16.9. The van der Waals surface area contributed by atoms with Gasteiger partial charge in [-0.05, 0) is 35.0 Å². The first-order chi connectivity index (χ1) is 14.2. The molecule has 4 rings (SSSR count). The van der Waals surface area contributed by atoms with Crippen LogP contribution in [0, 0.1) is 0 Å². The summed E-state index contributed by atoms with van der Waals surface area (Å²) >= 11 is 5.62. The molecule has 0 radical (unpaired) electrons. The van der Waals surface area contributed by atoms with Gasteiger partial charge < -0.3 is 19.1 Å².